The van der Waals surface area contributed by atoms with Crippen LogP contribution in [0.2, 0.25) is 0 Å². The quantitative estimate of drug-likeness (QED) is 0.810. The van der Waals surface area contributed by atoms with Gasteiger partial charge >= 0.3 is 0 Å². The van der Waals surface area contributed by atoms with E-state index in [0.29, 0.717) is 0 Å². The molecule has 0 amide bonds. The highest BCUT2D eigenvalue weighted by Crippen LogP contribution is 2.19. The molecule has 4 nitrogen and oxygen atoms in total. The van der Waals surface area contributed by atoms with Crippen molar-refractivity contribution in [2.24, 2.45) is 0 Å². The smallest absolute Gasteiger partial charge is 0.0877 e. The third-order valence-corrected chi connectivity index (χ3v) is 3.82. The molecule has 0 saturated carbocycles. The standard InChI is InChI=1S/C16H27N3O/c1-3-8-19(15-7-5-6-14(17)11-15)13-16-12-18(4-2)9-10-20-16/h5-7,11,16H,3-4,8-10,12-13,17H2,1-2H3. The van der Waals surface area contributed by atoms with Gasteiger partial charge in [-0.15, -0.1) is 0 Å². The van der Waals surface area contributed by atoms with Crippen molar-refractivity contribution in [2.75, 3.05) is 50.0 Å². The molecule has 1 fully saturated rings. The van der Waals surface area contributed by atoms with Crippen LogP contribution < -0.4 is 10.6 Å². The molecule has 1 aromatic rings. The van der Waals surface area contributed by atoms with E-state index in [4.69, 9.17) is 10.5 Å². The minimum absolute atomic E-state index is 0.289. The molecule has 2 rings (SSSR count). The van der Waals surface area contributed by atoms with Crippen LogP contribution in [0.25, 0.3) is 0 Å². The van der Waals surface area contributed by atoms with Crippen LogP contribution in [0.15, 0.2) is 24.3 Å². The Morgan fingerprint density at radius 3 is 2.95 bits per heavy atom. The zero-order chi connectivity index (χ0) is 14.4. The molecular formula is C16H27N3O. The van der Waals surface area contributed by atoms with Crippen molar-refractivity contribution in [3.63, 3.8) is 0 Å². The highest BCUT2D eigenvalue weighted by Gasteiger charge is 2.21. The van der Waals surface area contributed by atoms with Crippen LogP contribution in [0.4, 0.5) is 11.4 Å². The molecule has 1 atom stereocenters. The van der Waals surface area contributed by atoms with Gasteiger partial charge in [0.15, 0.2) is 0 Å². The molecule has 0 radical (unpaired) electrons. The van der Waals surface area contributed by atoms with Crippen molar-refractivity contribution in [2.45, 2.75) is 26.4 Å². The monoisotopic (exact) mass is 277 g/mol. The summed E-state index contributed by atoms with van der Waals surface area (Å²) in [6.45, 7) is 10.4. The molecular weight excluding hydrogens is 250 g/mol. The predicted molar refractivity (Wildman–Crippen MR) is 85.2 cm³/mol. The molecule has 0 aromatic heterocycles. The molecule has 1 heterocycles. The van der Waals surface area contributed by atoms with Gasteiger partial charge in [0.2, 0.25) is 0 Å². The maximum absolute atomic E-state index is 5.92. The first-order valence-corrected chi connectivity index (χ1v) is 7.67. The van der Waals surface area contributed by atoms with Gasteiger partial charge in [-0.1, -0.05) is 19.9 Å². The lowest BCUT2D eigenvalue weighted by Crippen LogP contribution is -2.47. The molecule has 0 aliphatic carbocycles. The number of ether oxygens (including phenoxy) is 1. The van der Waals surface area contributed by atoms with E-state index in [-0.39, 0.29) is 6.10 Å². The lowest BCUT2D eigenvalue weighted by atomic mass is 10.2. The molecule has 20 heavy (non-hydrogen) atoms. The Hall–Kier alpha value is -1.26. The van der Waals surface area contributed by atoms with E-state index in [9.17, 15) is 0 Å². The molecule has 112 valence electrons. The van der Waals surface area contributed by atoms with Gasteiger partial charge in [0.1, 0.15) is 0 Å². The van der Waals surface area contributed by atoms with Crippen LogP contribution >= 0.6 is 0 Å². The lowest BCUT2D eigenvalue weighted by Gasteiger charge is -2.36. The average molecular weight is 277 g/mol. The minimum Gasteiger partial charge on any atom is -0.399 e. The zero-order valence-electron chi connectivity index (χ0n) is 12.7. The van der Waals surface area contributed by atoms with E-state index in [2.05, 4.69) is 35.8 Å². The topological polar surface area (TPSA) is 41.7 Å². The molecule has 1 aromatic carbocycles. The summed E-state index contributed by atoms with van der Waals surface area (Å²) in [7, 11) is 0. The number of anilines is 2. The highest BCUT2D eigenvalue weighted by molar-refractivity contribution is 5.56. The number of morpholine rings is 1. The van der Waals surface area contributed by atoms with Gasteiger partial charge in [0.05, 0.1) is 12.7 Å². The average Bonchev–Trinajstić information content (AvgIpc) is 2.47. The summed E-state index contributed by atoms with van der Waals surface area (Å²) in [5, 5.41) is 0. The third kappa shape index (κ3) is 4.12. The van der Waals surface area contributed by atoms with Crippen LogP contribution in [-0.2, 0) is 4.74 Å². The Morgan fingerprint density at radius 2 is 2.25 bits per heavy atom. The predicted octanol–water partition coefficient (Wildman–Crippen LogP) is 2.21. The summed E-state index contributed by atoms with van der Waals surface area (Å²) < 4.78 is 5.92. The van der Waals surface area contributed by atoms with Crippen LogP contribution in [0.1, 0.15) is 20.3 Å². The van der Waals surface area contributed by atoms with E-state index in [1.807, 2.05) is 12.1 Å². The van der Waals surface area contributed by atoms with E-state index in [0.717, 1.165) is 51.4 Å². The molecule has 1 unspecified atom stereocenters. The fourth-order valence-electron chi connectivity index (χ4n) is 2.74. The molecule has 1 aliphatic rings. The van der Waals surface area contributed by atoms with Gasteiger partial charge in [-0.05, 0) is 31.2 Å². The van der Waals surface area contributed by atoms with Gasteiger partial charge in [-0.2, -0.15) is 0 Å². The third-order valence-electron chi connectivity index (χ3n) is 3.82. The number of benzene rings is 1. The Kier molecular flexibility index (Phi) is 5.68. The van der Waals surface area contributed by atoms with E-state index in [1.165, 1.54) is 5.69 Å². The number of nitrogen functional groups attached to an aromatic ring is 1. The lowest BCUT2D eigenvalue weighted by molar-refractivity contribution is -0.0220. The Morgan fingerprint density at radius 1 is 1.40 bits per heavy atom. The summed E-state index contributed by atoms with van der Waals surface area (Å²) in [5.74, 6) is 0. The van der Waals surface area contributed by atoms with Gasteiger partial charge in [-0.25, -0.2) is 0 Å². The fraction of sp³-hybridized carbons (Fsp3) is 0.625. The van der Waals surface area contributed by atoms with Gasteiger partial charge in [0.25, 0.3) is 0 Å². The van der Waals surface area contributed by atoms with Crippen LogP contribution in [0.3, 0.4) is 0 Å². The van der Waals surface area contributed by atoms with Crippen LogP contribution in [0, 0.1) is 0 Å². The molecule has 4 heteroatoms. The zero-order valence-corrected chi connectivity index (χ0v) is 12.7. The fourth-order valence-corrected chi connectivity index (χ4v) is 2.74. The molecule has 0 bridgehead atoms. The molecule has 0 spiro atoms. The number of likely N-dealkylation sites (N-methyl/N-ethyl adjacent to an activating group) is 1. The van der Waals surface area contributed by atoms with Crippen LogP contribution in [-0.4, -0.2) is 50.3 Å². The van der Waals surface area contributed by atoms with E-state index < -0.39 is 0 Å². The normalized spacial score (nSPS) is 20.0. The largest absolute Gasteiger partial charge is 0.399 e. The summed E-state index contributed by atoms with van der Waals surface area (Å²) in [6.07, 6.45) is 1.41. The first kappa shape index (κ1) is 15.1. The Labute approximate surface area is 122 Å². The maximum atomic E-state index is 5.92. The molecule has 1 saturated heterocycles. The number of rotatable bonds is 6. The van der Waals surface area contributed by atoms with E-state index in [1.54, 1.807) is 0 Å². The molecule has 1 aliphatic heterocycles. The minimum atomic E-state index is 0.289. The Balaban J connectivity index is 2.01. The number of hydrogen-bond donors (Lipinski definition) is 1. The number of nitrogens with zero attached hydrogens (tertiary/aromatic N) is 2. The molecule has 2 N–H and O–H groups in total. The van der Waals surface area contributed by atoms with Gasteiger partial charge in [0, 0.05) is 37.6 Å². The summed E-state index contributed by atoms with van der Waals surface area (Å²) in [5.41, 5.74) is 7.92. The van der Waals surface area contributed by atoms with Crippen LogP contribution in [0.5, 0.6) is 0 Å². The second-order valence-corrected chi connectivity index (χ2v) is 5.43. The Bertz CT molecular complexity index is 410. The summed E-state index contributed by atoms with van der Waals surface area (Å²) >= 11 is 0. The second-order valence-electron chi connectivity index (χ2n) is 5.43. The van der Waals surface area contributed by atoms with Crippen molar-refractivity contribution in [1.29, 1.82) is 0 Å². The summed E-state index contributed by atoms with van der Waals surface area (Å²) in [4.78, 5) is 4.85. The first-order chi connectivity index (χ1) is 9.72. The van der Waals surface area contributed by atoms with Gasteiger partial charge in [-0.3, -0.25) is 4.90 Å². The number of nitrogens with two attached hydrogens (primary N) is 1. The van der Waals surface area contributed by atoms with E-state index >= 15 is 0 Å². The summed E-state index contributed by atoms with van der Waals surface area (Å²) in [6, 6.07) is 8.14. The van der Waals surface area contributed by atoms with Crippen molar-refractivity contribution in [3.05, 3.63) is 24.3 Å². The first-order valence-electron chi connectivity index (χ1n) is 7.67. The number of hydrogen-bond acceptors (Lipinski definition) is 4. The van der Waals surface area contributed by atoms with Gasteiger partial charge < -0.3 is 15.4 Å². The highest BCUT2D eigenvalue weighted by atomic mass is 16.5. The van der Waals surface area contributed by atoms with Crippen molar-refractivity contribution in [3.8, 4) is 0 Å². The van der Waals surface area contributed by atoms with Crippen molar-refractivity contribution in [1.82, 2.24) is 4.90 Å². The SMILES string of the molecule is CCCN(CC1CN(CC)CCO1)c1cccc(N)c1. The maximum Gasteiger partial charge on any atom is 0.0877 e. The van der Waals surface area contributed by atoms with Crippen molar-refractivity contribution >= 4 is 11.4 Å². The van der Waals surface area contributed by atoms with Crippen molar-refractivity contribution < 1.29 is 4.74 Å². The second kappa shape index (κ2) is 7.50.